The van der Waals surface area contributed by atoms with Crippen LogP contribution in [0.5, 0.6) is 0 Å². The molecule has 4 nitrogen and oxygen atoms in total. The third-order valence-corrected chi connectivity index (χ3v) is 3.63. The number of anilines is 1. The van der Waals surface area contributed by atoms with E-state index in [1.807, 2.05) is 20.0 Å². The van der Waals surface area contributed by atoms with Crippen LogP contribution in [0.4, 0.5) is 5.69 Å². The van der Waals surface area contributed by atoms with Gasteiger partial charge in [0.25, 0.3) is 0 Å². The van der Waals surface area contributed by atoms with Crippen molar-refractivity contribution < 1.29 is 4.79 Å². The zero-order valence-corrected chi connectivity index (χ0v) is 11.8. The minimum Gasteiger partial charge on any atom is -0.362 e. The summed E-state index contributed by atoms with van der Waals surface area (Å²) in [6.45, 7) is 4.02. The molecule has 1 atom stereocenters. The lowest BCUT2D eigenvalue weighted by Gasteiger charge is -2.25. The Labute approximate surface area is 115 Å². The van der Waals surface area contributed by atoms with Gasteiger partial charge in [0.2, 0.25) is 5.91 Å². The van der Waals surface area contributed by atoms with Crippen molar-refractivity contribution in [1.29, 1.82) is 0 Å². The van der Waals surface area contributed by atoms with E-state index in [1.165, 1.54) is 11.3 Å². The van der Waals surface area contributed by atoms with Gasteiger partial charge < -0.3 is 15.5 Å². The van der Waals surface area contributed by atoms with Crippen LogP contribution in [-0.4, -0.2) is 32.6 Å². The molecule has 0 saturated carbocycles. The molecule has 0 fully saturated rings. The van der Waals surface area contributed by atoms with Gasteiger partial charge >= 0.3 is 0 Å². The molecule has 0 radical (unpaired) electrons. The zero-order valence-electron chi connectivity index (χ0n) is 11.8. The molecule has 104 valence electrons. The summed E-state index contributed by atoms with van der Waals surface area (Å²) in [5, 5.41) is 6.24. The molecular weight excluding hydrogens is 238 g/mol. The number of carbonyl (C=O) groups is 1. The Morgan fingerprint density at radius 2 is 2.21 bits per heavy atom. The third kappa shape index (κ3) is 3.26. The number of benzene rings is 1. The fourth-order valence-corrected chi connectivity index (χ4v) is 2.72. The molecule has 19 heavy (non-hydrogen) atoms. The highest BCUT2D eigenvalue weighted by molar-refractivity contribution is 5.81. The van der Waals surface area contributed by atoms with E-state index in [4.69, 9.17) is 0 Å². The number of amides is 1. The van der Waals surface area contributed by atoms with E-state index >= 15 is 0 Å². The van der Waals surface area contributed by atoms with Crippen molar-refractivity contribution in [2.75, 3.05) is 31.6 Å². The fourth-order valence-electron chi connectivity index (χ4n) is 2.72. The van der Waals surface area contributed by atoms with Gasteiger partial charge in [-0.2, -0.15) is 0 Å². The quantitative estimate of drug-likeness (QED) is 0.867. The van der Waals surface area contributed by atoms with Gasteiger partial charge in [-0.3, -0.25) is 4.79 Å². The van der Waals surface area contributed by atoms with Crippen molar-refractivity contribution in [2.45, 2.75) is 25.8 Å². The van der Waals surface area contributed by atoms with Crippen molar-refractivity contribution >= 4 is 11.6 Å². The first-order valence-electron chi connectivity index (χ1n) is 7.04. The smallest absolute Gasteiger partial charge is 0.239 e. The average molecular weight is 261 g/mol. The Morgan fingerprint density at radius 1 is 1.42 bits per heavy atom. The Kier molecular flexibility index (Phi) is 4.80. The molecule has 1 unspecified atom stereocenters. The largest absolute Gasteiger partial charge is 0.362 e. The third-order valence-electron chi connectivity index (χ3n) is 3.63. The highest BCUT2D eigenvalue weighted by Gasteiger charge is 2.22. The first-order valence-corrected chi connectivity index (χ1v) is 7.04. The topological polar surface area (TPSA) is 44.4 Å². The summed E-state index contributed by atoms with van der Waals surface area (Å²) in [4.78, 5) is 14.0. The Balaban J connectivity index is 2.22. The second kappa shape index (κ2) is 6.57. The maximum atomic E-state index is 11.8. The SMILES string of the molecule is CCNC(=O)CN1CCCC(NC)c2ccccc21. The van der Waals surface area contributed by atoms with Crippen LogP contribution in [0.1, 0.15) is 31.4 Å². The van der Waals surface area contributed by atoms with Crippen molar-refractivity contribution in [1.82, 2.24) is 10.6 Å². The number of rotatable bonds is 4. The van der Waals surface area contributed by atoms with E-state index < -0.39 is 0 Å². The average Bonchev–Trinajstić information content (AvgIpc) is 2.59. The number of para-hydroxylation sites is 1. The van der Waals surface area contributed by atoms with Crippen LogP contribution in [0, 0.1) is 0 Å². The maximum Gasteiger partial charge on any atom is 0.239 e. The number of carbonyl (C=O) groups excluding carboxylic acids is 1. The van der Waals surface area contributed by atoms with Crippen molar-refractivity contribution in [2.24, 2.45) is 0 Å². The molecule has 1 heterocycles. The van der Waals surface area contributed by atoms with Gasteiger partial charge in [0.15, 0.2) is 0 Å². The molecule has 4 heteroatoms. The number of likely N-dealkylation sites (N-methyl/N-ethyl adjacent to an activating group) is 1. The predicted octanol–water partition coefficient (Wildman–Crippen LogP) is 1.68. The van der Waals surface area contributed by atoms with Crippen LogP contribution in [0.15, 0.2) is 24.3 Å². The molecule has 0 aliphatic carbocycles. The van der Waals surface area contributed by atoms with E-state index in [2.05, 4.69) is 33.7 Å². The van der Waals surface area contributed by atoms with Gasteiger partial charge in [-0.05, 0) is 38.4 Å². The molecular formula is C15H23N3O. The van der Waals surface area contributed by atoms with Crippen LogP contribution in [0.25, 0.3) is 0 Å². The summed E-state index contributed by atoms with van der Waals surface area (Å²) in [6, 6.07) is 8.77. The lowest BCUT2D eigenvalue weighted by Crippen LogP contribution is -2.37. The molecule has 2 N–H and O–H groups in total. The van der Waals surface area contributed by atoms with Gasteiger partial charge in [0, 0.05) is 24.8 Å². The first-order chi connectivity index (χ1) is 9.26. The number of nitrogens with one attached hydrogen (secondary N) is 2. The minimum atomic E-state index is 0.0974. The summed E-state index contributed by atoms with van der Waals surface area (Å²) in [7, 11) is 2.00. The van der Waals surface area contributed by atoms with Crippen LogP contribution in [-0.2, 0) is 4.79 Å². The van der Waals surface area contributed by atoms with Gasteiger partial charge in [-0.1, -0.05) is 18.2 Å². The van der Waals surface area contributed by atoms with Gasteiger partial charge in [-0.15, -0.1) is 0 Å². The van der Waals surface area contributed by atoms with Crippen LogP contribution in [0.2, 0.25) is 0 Å². The van der Waals surface area contributed by atoms with Gasteiger partial charge in [0.05, 0.1) is 6.54 Å². The Bertz CT molecular complexity index is 433. The molecule has 2 rings (SSSR count). The molecule has 1 aromatic rings. The molecule has 1 aliphatic rings. The van der Waals surface area contributed by atoms with Crippen molar-refractivity contribution in [3.05, 3.63) is 29.8 Å². The number of nitrogens with zero attached hydrogens (tertiary/aromatic N) is 1. The van der Waals surface area contributed by atoms with Crippen LogP contribution >= 0.6 is 0 Å². The van der Waals surface area contributed by atoms with Gasteiger partial charge in [0.1, 0.15) is 0 Å². The predicted molar refractivity (Wildman–Crippen MR) is 78.4 cm³/mol. The standard InChI is InChI=1S/C15H23N3O/c1-3-17-15(19)11-18-10-6-8-13(16-2)12-7-4-5-9-14(12)18/h4-5,7,9,13,16H,3,6,8,10-11H2,1-2H3,(H,17,19). The fraction of sp³-hybridized carbons (Fsp3) is 0.533. The lowest BCUT2D eigenvalue weighted by atomic mass is 10.0. The number of fused-ring (bicyclic) bond motifs is 1. The Morgan fingerprint density at radius 3 is 2.95 bits per heavy atom. The maximum absolute atomic E-state index is 11.8. The van der Waals surface area contributed by atoms with Gasteiger partial charge in [-0.25, -0.2) is 0 Å². The Hall–Kier alpha value is -1.55. The van der Waals surface area contributed by atoms with Crippen molar-refractivity contribution in [3.63, 3.8) is 0 Å². The monoisotopic (exact) mass is 261 g/mol. The van der Waals surface area contributed by atoms with E-state index in [1.54, 1.807) is 0 Å². The first kappa shape index (κ1) is 13.9. The molecule has 0 saturated heterocycles. The second-order valence-electron chi connectivity index (χ2n) is 4.92. The summed E-state index contributed by atoms with van der Waals surface area (Å²) < 4.78 is 0. The van der Waals surface area contributed by atoms with Crippen LogP contribution < -0.4 is 15.5 Å². The van der Waals surface area contributed by atoms with Crippen LogP contribution in [0.3, 0.4) is 0 Å². The van der Waals surface area contributed by atoms with E-state index in [-0.39, 0.29) is 5.91 Å². The zero-order chi connectivity index (χ0) is 13.7. The molecule has 0 bridgehead atoms. The summed E-state index contributed by atoms with van der Waals surface area (Å²) in [5.41, 5.74) is 2.48. The van der Waals surface area contributed by atoms with E-state index in [0.717, 1.165) is 19.4 Å². The summed E-state index contributed by atoms with van der Waals surface area (Å²) in [6.07, 6.45) is 2.21. The summed E-state index contributed by atoms with van der Waals surface area (Å²) in [5.74, 6) is 0.0974. The number of hydrogen-bond donors (Lipinski definition) is 2. The second-order valence-corrected chi connectivity index (χ2v) is 4.92. The molecule has 0 spiro atoms. The lowest BCUT2D eigenvalue weighted by molar-refractivity contribution is -0.119. The highest BCUT2D eigenvalue weighted by Crippen LogP contribution is 2.32. The van der Waals surface area contributed by atoms with E-state index in [9.17, 15) is 4.79 Å². The number of hydrogen-bond acceptors (Lipinski definition) is 3. The van der Waals surface area contributed by atoms with Crippen molar-refractivity contribution in [3.8, 4) is 0 Å². The molecule has 1 aliphatic heterocycles. The molecule has 0 aromatic heterocycles. The molecule has 1 amide bonds. The molecule has 1 aromatic carbocycles. The summed E-state index contributed by atoms with van der Waals surface area (Å²) >= 11 is 0. The van der Waals surface area contributed by atoms with E-state index in [0.29, 0.717) is 19.1 Å². The highest BCUT2D eigenvalue weighted by atomic mass is 16.2. The minimum absolute atomic E-state index is 0.0974. The normalized spacial score (nSPS) is 18.6.